The lowest BCUT2D eigenvalue weighted by Gasteiger charge is -2.62. The fourth-order valence-corrected chi connectivity index (χ4v) is 7.79. The molecule has 4 atom stereocenters. The molecule has 3 fully saturated rings. The van der Waals surface area contributed by atoms with Gasteiger partial charge in [-0.15, -0.1) is 0 Å². The molecule has 6 rings (SSSR count). The van der Waals surface area contributed by atoms with Crippen LogP contribution >= 0.6 is 0 Å². The summed E-state index contributed by atoms with van der Waals surface area (Å²) in [5.41, 5.74) is 1.96. The molecule has 32 heavy (non-hydrogen) atoms. The van der Waals surface area contributed by atoms with Crippen LogP contribution in [0.25, 0.3) is 0 Å². The minimum absolute atomic E-state index is 0.0700. The molecule has 174 valence electrons. The Morgan fingerprint density at radius 1 is 1.25 bits per heavy atom. The number of benzene rings is 1. The number of aliphatic hydroxyl groups is 1. The molecule has 1 aromatic carbocycles. The first-order valence-corrected chi connectivity index (χ1v) is 15.5. The first-order chi connectivity index (χ1) is 15.0. The fourth-order valence-electron chi connectivity index (χ4n) is 7.16. The molecule has 0 amide bonds. The highest BCUT2D eigenvalue weighted by atomic mass is 28.4. The summed E-state index contributed by atoms with van der Waals surface area (Å²) in [5.74, 6) is 1.78. The van der Waals surface area contributed by atoms with Crippen LogP contribution in [0.15, 0.2) is 12.1 Å². The Bertz CT molecular complexity index is 996. The van der Waals surface area contributed by atoms with E-state index in [2.05, 4.69) is 30.9 Å². The van der Waals surface area contributed by atoms with Crippen molar-refractivity contribution in [2.75, 3.05) is 13.1 Å². The summed E-state index contributed by atoms with van der Waals surface area (Å²) in [7, 11) is -2.40. The number of nitrogens with zero attached hydrogens (tertiary/aromatic N) is 1. The van der Waals surface area contributed by atoms with Gasteiger partial charge in [-0.05, 0) is 80.2 Å². The molecule has 2 heterocycles. The Morgan fingerprint density at radius 2 is 2.00 bits per heavy atom. The molecule has 5 nitrogen and oxygen atoms in total. The smallest absolute Gasteiger partial charge is 0.188 e. The highest BCUT2D eigenvalue weighted by molar-refractivity contribution is 6.72. The van der Waals surface area contributed by atoms with Crippen LogP contribution in [0, 0.1) is 5.92 Å². The summed E-state index contributed by atoms with van der Waals surface area (Å²) in [4.78, 5) is 26.6. The van der Waals surface area contributed by atoms with Gasteiger partial charge in [-0.25, -0.2) is 0 Å². The van der Waals surface area contributed by atoms with Crippen LogP contribution in [0.4, 0.5) is 0 Å². The highest BCUT2D eigenvalue weighted by Crippen LogP contribution is 2.64. The van der Waals surface area contributed by atoms with E-state index in [0.717, 1.165) is 55.1 Å². The van der Waals surface area contributed by atoms with Gasteiger partial charge in [0.25, 0.3) is 0 Å². The Hall–Kier alpha value is -1.21. The summed E-state index contributed by atoms with van der Waals surface area (Å²) >= 11 is 0. The molecule has 0 aromatic heterocycles. The number of piperidine rings is 1. The van der Waals surface area contributed by atoms with Gasteiger partial charge in [0.2, 0.25) is 0 Å². The van der Waals surface area contributed by atoms with E-state index in [1.165, 1.54) is 18.4 Å². The lowest BCUT2D eigenvalue weighted by atomic mass is 9.49. The van der Waals surface area contributed by atoms with Gasteiger partial charge >= 0.3 is 0 Å². The van der Waals surface area contributed by atoms with E-state index in [1.54, 1.807) is 0 Å². The number of ketones is 1. The second-order valence-electron chi connectivity index (χ2n) is 12.5. The third-order valence-electron chi connectivity index (χ3n) is 9.95. The maximum Gasteiger partial charge on any atom is 0.188 e. The molecule has 2 N–H and O–H groups in total. The molecule has 2 aliphatic heterocycles. The van der Waals surface area contributed by atoms with E-state index in [0.29, 0.717) is 12.8 Å². The van der Waals surface area contributed by atoms with Crippen molar-refractivity contribution < 1.29 is 19.4 Å². The third kappa shape index (κ3) is 2.64. The predicted molar refractivity (Wildman–Crippen MR) is 126 cm³/mol. The van der Waals surface area contributed by atoms with Crippen LogP contribution in [0.3, 0.4) is 0 Å². The van der Waals surface area contributed by atoms with Crippen LogP contribution in [0.5, 0.6) is 5.75 Å². The molecular formula is C26H37NO4Si. The van der Waals surface area contributed by atoms with E-state index in [1.807, 2.05) is 13.1 Å². The third-order valence-corrected chi connectivity index (χ3v) is 13.4. The monoisotopic (exact) mass is 455 g/mol. The Labute approximate surface area is 192 Å². The first-order valence-electron chi connectivity index (χ1n) is 12.5. The Kier molecular flexibility index (Phi) is 4.31. The number of rotatable bonds is 5. The van der Waals surface area contributed by atoms with Crippen molar-refractivity contribution in [2.45, 2.75) is 100 Å². The number of Topliss-reactive ketones (excluding diaryl/α,β-unsaturated/α-hetero) is 1. The summed E-state index contributed by atoms with van der Waals surface area (Å²) in [5, 5.41) is 12.2. The van der Waals surface area contributed by atoms with Gasteiger partial charge in [0.15, 0.2) is 20.2 Å². The van der Waals surface area contributed by atoms with E-state index in [4.69, 9.17) is 4.74 Å². The van der Waals surface area contributed by atoms with Crippen LogP contribution in [-0.4, -0.2) is 59.7 Å². The van der Waals surface area contributed by atoms with Gasteiger partial charge < -0.3 is 14.6 Å². The predicted octanol–water partition coefficient (Wildman–Crippen LogP) is 3.34. The van der Waals surface area contributed by atoms with Crippen LogP contribution in [0.2, 0.25) is 18.1 Å². The zero-order chi connectivity index (χ0) is 22.7. The quantitative estimate of drug-likeness (QED) is 0.667. The number of hydrogen-bond donors (Lipinski definition) is 2. The fraction of sp³-hybridized carbons (Fsp3) is 0.731. The zero-order valence-electron chi connectivity index (χ0n) is 19.9. The molecule has 2 saturated carbocycles. The lowest BCUT2D eigenvalue weighted by Crippen LogP contribution is -2.76. The average Bonchev–Trinajstić information content (AvgIpc) is 3.44. The largest absolute Gasteiger partial charge is 0.481 e. The minimum atomic E-state index is -2.40. The van der Waals surface area contributed by atoms with Crippen molar-refractivity contribution in [3.05, 3.63) is 28.8 Å². The van der Waals surface area contributed by atoms with Crippen molar-refractivity contribution in [3.8, 4) is 5.75 Å². The Morgan fingerprint density at radius 3 is 2.69 bits per heavy atom. The molecule has 0 radical (unpaired) electrons. The number of ether oxygens (including phenoxy) is 1. The van der Waals surface area contributed by atoms with Gasteiger partial charge in [-0.1, -0.05) is 26.0 Å². The topological polar surface area (TPSA) is 70.0 Å². The van der Waals surface area contributed by atoms with Gasteiger partial charge in [-0.3, -0.25) is 9.69 Å². The van der Waals surface area contributed by atoms with Crippen molar-refractivity contribution in [2.24, 2.45) is 5.92 Å². The molecule has 5 aliphatic rings. The van der Waals surface area contributed by atoms with Gasteiger partial charge in [0.1, 0.15) is 5.75 Å². The molecule has 2 bridgehead atoms. The second-order valence-corrected chi connectivity index (χ2v) is 16.9. The van der Waals surface area contributed by atoms with Gasteiger partial charge in [0.05, 0.1) is 11.0 Å². The zero-order valence-corrected chi connectivity index (χ0v) is 20.9. The summed E-state index contributed by atoms with van der Waals surface area (Å²) in [6, 6.07) is 4.47. The first kappa shape index (κ1) is 21.3. The maximum absolute atomic E-state index is 13.2. The molecule has 1 aromatic rings. The average molecular weight is 456 g/mol. The minimum Gasteiger partial charge on any atom is -0.481 e. The molecule has 1 spiro atoms. The second kappa shape index (κ2) is 6.47. The Balaban J connectivity index is 1.49. The SMILES string of the molecule is CC(C)(Cc1ccc2c3c1O[C@H]1C(=O)CC[C@@]4(O)[C@@H](C2)N(CC2CC2)CC[C@]314)[Si](C)(C)O. The standard InChI is InChI=1S/C26H37NO4Si/c1-24(2,32(3,4)30)14-18-8-7-17-13-20-26(29)10-9-19(28)23-25(26,21(17)22(18)31-23)11-12-27(20)15-16-5-6-16/h7-8,16,20,23,29-30H,5-6,9-15H2,1-4H3/t20-,23+,25+,26-/m1/s1. The van der Waals surface area contributed by atoms with Gasteiger partial charge in [0, 0.05) is 24.6 Å². The molecule has 1 saturated heterocycles. The molecule has 6 heteroatoms. The number of carbonyl (C=O) groups is 1. The normalized spacial score (nSPS) is 36.1. The van der Waals surface area contributed by atoms with Crippen molar-refractivity contribution in [3.63, 3.8) is 0 Å². The number of likely N-dealkylation sites (tertiary alicyclic amines) is 1. The maximum atomic E-state index is 13.2. The van der Waals surface area contributed by atoms with Crippen LogP contribution in [0.1, 0.15) is 62.6 Å². The van der Waals surface area contributed by atoms with E-state index < -0.39 is 25.4 Å². The summed E-state index contributed by atoms with van der Waals surface area (Å²) in [6.45, 7) is 10.3. The molecule has 3 aliphatic carbocycles. The summed E-state index contributed by atoms with van der Waals surface area (Å²) < 4.78 is 6.58. The van der Waals surface area contributed by atoms with Crippen molar-refractivity contribution in [1.82, 2.24) is 4.90 Å². The summed E-state index contributed by atoms with van der Waals surface area (Å²) in [6.07, 6.45) is 5.34. The van der Waals surface area contributed by atoms with E-state index in [-0.39, 0.29) is 16.9 Å². The van der Waals surface area contributed by atoms with Crippen LogP contribution in [-0.2, 0) is 23.1 Å². The van der Waals surface area contributed by atoms with E-state index in [9.17, 15) is 14.7 Å². The molecular weight excluding hydrogens is 418 g/mol. The van der Waals surface area contributed by atoms with Crippen LogP contribution < -0.4 is 4.74 Å². The van der Waals surface area contributed by atoms with Crippen molar-refractivity contribution >= 4 is 14.1 Å². The van der Waals surface area contributed by atoms with Gasteiger partial charge in [-0.2, -0.15) is 0 Å². The lowest BCUT2D eigenvalue weighted by molar-refractivity contribution is -0.188. The molecule has 0 unspecified atom stereocenters. The number of hydrogen-bond acceptors (Lipinski definition) is 5. The van der Waals surface area contributed by atoms with E-state index >= 15 is 0 Å². The highest BCUT2D eigenvalue weighted by Gasteiger charge is 2.73. The van der Waals surface area contributed by atoms with Crippen molar-refractivity contribution in [1.29, 1.82) is 0 Å². The number of carbonyl (C=O) groups excluding carboxylic acids is 1.